The van der Waals surface area contributed by atoms with E-state index in [4.69, 9.17) is 20.6 Å². The molecular weight excluding hydrogens is 688 g/mol. The van der Waals surface area contributed by atoms with Crippen LogP contribution in [0.3, 0.4) is 0 Å². The third-order valence-corrected chi connectivity index (χ3v) is 7.59. The first-order valence-electron chi connectivity index (χ1n) is 15.2. The molecule has 21 heteroatoms. The molecule has 20 nitrogen and oxygen atoms in total. The number of rotatable bonds is 21. The van der Waals surface area contributed by atoms with E-state index in [1.165, 1.54) is 31.2 Å². The van der Waals surface area contributed by atoms with Crippen LogP contribution in [0.4, 0.5) is 0 Å². The van der Waals surface area contributed by atoms with Gasteiger partial charge in [-0.25, -0.2) is 4.57 Å². The number of primary amides is 1. The highest BCUT2D eigenvalue weighted by Gasteiger charge is 2.33. The Bertz CT molecular complexity index is 1470. The Labute approximate surface area is 286 Å². The second-order valence-electron chi connectivity index (χ2n) is 11.3. The van der Waals surface area contributed by atoms with Crippen LogP contribution in [0, 0.1) is 5.92 Å². The summed E-state index contributed by atoms with van der Waals surface area (Å²) in [4.78, 5) is 116. The quantitative estimate of drug-likeness (QED) is 0.0614. The maximum absolute atomic E-state index is 13.3. The summed E-state index contributed by atoms with van der Waals surface area (Å²) in [6.07, 6.45) is -1.60. The van der Waals surface area contributed by atoms with Crippen LogP contribution < -0.4 is 36.8 Å². The summed E-state index contributed by atoms with van der Waals surface area (Å²) in [6.45, 7) is 5.63. The van der Waals surface area contributed by atoms with Crippen molar-refractivity contribution >= 4 is 55.2 Å². The number of hydrogen-bond donors (Lipinski definition) is 10. The van der Waals surface area contributed by atoms with Gasteiger partial charge in [-0.3, -0.25) is 48.1 Å². The number of hydrogen-bond acceptors (Lipinski definition) is 10. The lowest BCUT2D eigenvalue weighted by Gasteiger charge is -2.28. The van der Waals surface area contributed by atoms with Crippen LogP contribution >= 0.6 is 7.82 Å². The predicted molar refractivity (Wildman–Crippen MR) is 172 cm³/mol. The van der Waals surface area contributed by atoms with Gasteiger partial charge in [0.25, 0.3) is 0 Å². The number of nitrogens with one attached hydrogen (secondary N) is 5. The minimum absolute atomic E-state index is 0.138. The Morgan fingerprint density at radius 2 is 1.34 bits per heavy atom. The zero-order valence-corrected chi connectivity index (χ0v) is 28.6. The highest BCUT2D eigenvalue weighted by molar-refractivity contribution is 7.46. The molecule has 6 atom stereocenters. The van der Waals surface area contributed by atoms with E-state index in [9.17, 15) is 48.0 Å². The van der Waals surface area contributed by atoms with Gasteiger partial charge in [0.05, 0.1) is 6.42 Å². The Morgan fingerprint density at radius 3 is 1.82 bits per heavy atom. The molecule has 0 saturated heterocycles. The molecule has 0 fully saturated rings. The van der Waals surface area contributed by atoms with Crippen molar-refractivity contribution in [1.82, 2.24) is 26.6 Å². The van der Waals surface area contributed by atoms with Gasteiger partial charge in [-0.05, 0) is 37.0 Å². The van der Waals surface area contributed by atoms with Crippen molar-refractivity contribution in [2.75, 3.05) is 0 Å². The van der Waals surface area contributed by atoms with E-state index in [2.05, 4.69) is 31.1 Å². The topological polar surface area (TPSA) is 330 Å². The molecule has 0 spiro atoms. The Morgan fingerprint density at radius 1 is 0.780 bits per heavy atom. The summed E-state index contributed by atoms with van der Waals surface area (Å²) < 4.78 is 15.5. The molecule has 1 aromatic rings. The second kappa shape index (κ2) is 19.8. The predicted octanol–water partition coefficient (Wildman–Crippen LogP) is -1.96. The Hall–Kier alpha value is -5.07. The zero-order chi connectivity index (χ0) is 38.3. The Kier molecular flexibility index (Phi) is 17.0. The number of nitrogens with two attached hydrogens (primary N) is 1. The number of amides is 6. The maximum atomic E-state index is 13.3. The van der Waals surface area contributed by atoms with E-state index < -0.39 is 104 Å². The van der Waals surface area contributed by atoms with E-state index in [0.29, 0.717) is 12.0 Å². The van der Waals surface area contributed by atoms with Crippen LogP contribution in [0.15, 0.2) is 24.3 Å². The number of carboxylic acid groups (broad SMARTS) is 2. The number of phosphoric ester groups is 1. The first-order chi connectivity index (χ1) is 23.1. The third kappa shape index (κ3) is 15.9. The minimum atomic E-state index is -4.80. The van der Waals surface area contributed by atoms with E-state index in [-0.39, 0.29) is 18.6 Å². The van der Waals surface area contributed by atoms with E-state index in [1.54, 1.807) is 13.8 Å². The van der Waals surface area contributed by atoms with Crippen molar-refractivity contribution in [3.8, 4) is 5.75 Å². The van der Waals surface area contributed by atoms with Crippen molar-refractivity contribution in [3.63, 3.8) is 0 Å². The van der Waals surface area contributed by atoms with Crippen LogP contribution in [0.2, 0.25) is 0 Å². The van der Waals surface area contributed by atoms with Gasteiger partial charge < -0.3 is 47.1 Å². The minimum Gasteiger partial charge on any atom is -0.481 e. The molecular formula is C29H43N6O14P. The molecule has 0 saturated carbocycles. The molecule has 0 bridgehead atoms. The summed E-state index contributed by atoms with van der Waals surface area (Å²) >= 11 is 0. The molecule has 6 amide bonds. The lowest BCUT2D eigenvalue weighted by molar-refractivity contribution is -0.141. The van der Waals surface area contributed by atoms with E-state index in [1.807, 2.05) is 0 Å². The average Bonchev–Trinajstić information content (AvgIpc) is 3.00. The molecule has 0 radical (unpaired) electrons. The van der Waals surface area contributed by atoms with Crippen LogP contribution in [0.25, 0.3) is 0 Å². The van der Waals surface area contributed by atoms with Gasteiger partial charge in [0, 0.05) is 19.8 Å². The maximum Gasteiger partial charge on any atom is 0.524 e. The summed E-state index contributed by atoms with van der Waals surface area (Å²) in [7, 11) is -4.80. The molecule has 1 rings (SSSR count). The lowest BCUT2D eigenvalue weighted by Crippen LogP contribution is -2.59. The fourth-order valence-electron chi connectivity index (χ4n) is 4.34. The molecule has 278 valence electrons. The van der Waals surface area contributed by atoms with Gasteiger partial charge in [0.1, 0.15) is 36.0 Å². The molecule has 1 aromatic carbocycles. The molecule has 0 heterocycles. The number of carboxylic acids is 2. The summed E-state index contributed by atoms with van der Waals surface area (Å²) in [5.41, 5.74) is 5.93. The summed E-state index contributed by atoms with van der Waals surface area (Å²) in [5.74, 6) is -8.92. The molecule has 0 aliphatic carbocycles. The number of benzene rings is 1. The second-order valence-corrected chi connectivity index (χ2v) is 12.5. The van der Waals surface area contributed by atoms with Crippen LogP contribution in [-0.2, 0) is 49.3 Å². The monoisotopic (exact) mass is 731 g/mol. The molecule has 11 N–H and O–H groups in total. The number of phosphoric acid groups is 1. The van der Waals surface area contributed by atoms with Gasteiger partial charge >= 0.3 is 19.8 Å². The average molecular weight is 732 g/mol. The molecule has 0 aliphatic heterocycles. The van der Waals surface area contributed by atoms with Crippen molar-refractivity contribution in [2.45, 2.75) is 90.0 Å². The van der Waals surface area contributed by atoms with Crippen molar-refractivity contribution in [3.05, 3.63) is 29.8 Å². The van der Waals surface area contributed by atoms with Gasteiger partial charge in [-0.15, -0.1) is 0 Å². The SMILES string of the molecule is CC[C@H](C)[C@H](NC(=O)[C@H](C)NC(=O)[C@H](CC(=O)O)NC(=O)[C@H](CCC(=O)O)NC(C)=O)C(=O)N[C@@H](Cc1ccc(O[32P](=O)(O)O)cc1)C(N)=O. The van der Waals surface area contributed by atoms with Gasteiger partial charge in [0.2, 0.25) is 35.4 Å². The van der Waals surface area contributed by atoms with Crippen molar-refractivity contribution < 1.29 is 67.4 Å². The number of carbonyl (C=O) groups excluding carboxylic acids is 6. The largest absolute Gasteiger partial charge is 0.524 e. The lowest BCUT2D eigenvalue weighted by atomic mass is 9.97. The van der Waals surface area contributed by atoms with E-state index in [0.717, 1.165) is 6.92 Å². The van der Waals surface area contributed by atoms with E-state index >= 15 is 0 Å². The fourth-order valence-corrected chi connectivity index (χ4v) is 4.74. The molecule has 0 unspecified atom stereocenters. The van der Waals surface area contributed by atoms with Crippen LogP contribution in [-0.4, -0.2) is 97.6 Å². The summed E-state index contributed by atoms with van der Waals surface area (Å²) in [5, 5.41) is 29.8. The molecule has 50 heavy (non-hydrogen) atoms. The first kappa shape index (κ1) is 43.0. The smallest absolute Gasteiger partial charge is 0.481 e. The van der Waals surface area contributed by atoms with Crippen molar-refractivity contribution in [1.29, 1.82) is 0 Å². The first-order valence-corrected chi connectivity index (χ1v) is 16.7. The van der Waals surface area contributed by atoms with Crippen LogP contribution in [0.5, 0.6) is 5.75 Å². The fraction of sp³-hybridized carbons (Fsp3) is 0.517. The molecule has 0 aliphatic rings. The standard InChI is InChI=1S/C29H43N6O14P/c1-5-14(2)24(29(45)33-20(25(30)41)12-17-6-8-18(9-7-17)49-50(46,47)48)35-26(42)15(3)31-28(44)21(13-23(39)40)34-27(43)19(32-16(4)36)10-11-22(37)38/h6-9,14-15,19-21,24H,5,10-13H2,1-4H3,(H2,30,41)(H,31,44)(H,32,36)(H,33,45)(H,34,43)(H,35,42)(H,37,38)(H,39,40)(H2,46,47,48)/t14-,15-,19-,20-,21-,24-/m0/s1/i50+1. The highest BCUT2D eigenvalue weighted by atomic mass is 32.2. The number of carbonyl (C=O) groups is 8. The zero-order valence-electron chi connectivity index (χ0n) is 27.7. The highest BCUT2D eigenvalue weighted by Crippen LogP contribution is 2.37. The van der Waals surface area contributed by atoms with Gasteiger partial charge in [-0.1, -0.05) is 32.4 Å². The van der Waals surface area contributed by atoms with Gasteiger partial charge in [0.15, 0.2) is 0 Å². The molecule has 0 aromatic heterocycles. The van der Waals surface area contributed by atoms with Crippen molar-refractivity contribution in [2.24, 2.45) is 11.7 Å². The third-order valence-electron chi connectivity index (χ3n) is 7.15. The Balaban J connectivity index is 3.05. The number of aliphatic carboxylic acids is 2. The summed E-state index contributed by atoms with van der Waals surface area (Å²) in [6, 6.07) is -1.84. The van der Waals surface area contributed by atoms with Gasteiger partial charge in [-0.2, -0.15) is 0 Å². The normalized spacial score (nSPS) is 14.7. The van der Waals surface area contributed by atoms with Crippen LogP contribution in [0.1, 0.15) is 58.9 Å².